The van der Waals surface area contributed by atoms with Gasteiger partial charge in [0.15, 0.2) is 5.03 Å². The van der Waals surface area contributed by atoms with Crippen molar-refractivity contribution in [2.24, 2.45) is 0 Å². The first-order chi connectivity index (χ1) is 7.98. The van der Waals surface area contributed by atoms with Crippen molar-refractivity contribution in [1.29, 1.82) is 0 Å². The van der Waals surface area contributed by atoms with E-state index in [1.165, 1.54) is 4.31 Å². The molecule has 17 heavy (non-hydrogen) atoms. The fourth-order valence-electron chi connectivity index (χ4n) is 2.20. The van der Waals surface area contributed by atoms with E-state index in [0.717, 1.165) is 12.8 Å². The first-order valence-electron chi connectivity index (χ1n) is 5.65. The average Bonchev–Trinajstić information content (AvgIpc) is 2.84. The van der Waals surface area contributed by atoms with Crippen LogP contribution in [0.1, 0.15) is 31.0 Å². The Labute approximate surface area is 101 Å². The second-order valence-corrected chi connectivity index (χ2v) is 6.20. The highest BCUT2D eigenvalue weighted by atomic mass is 32.2. The van der Waals surface area contributed by atoms with Crippen LogP contribution < -0.4 is 0 Å². The highest BCUT2D eigenvalue weighted by Gasteiger charge is 2.36. The van der Waals surface area contributed by atoms with E-state index in [1.807, 2.05) is 6.92 Å². The summed E-state index contributed by atoms with van der Waals surface area (Å²) in [6.45, 7) is 3.80. The fourth-order valence-corrected chi connectivity index (χ4v) is 4.07. The molecule has 96 valence electrons. The quantitative estimate of drug-likeness (QED) is 0.822. The Morgan fingerprint density at radius 2 is 2.29 bits per heavy atom. The molecule has 6 nitrogen and oxygen atoms in total. The number of hydrogen-bond acceptors (Lipinski definition) is 4. The second kappa shape index (κ2) is 4.40. The highest BCUT2D eigenvalue weighted by molar-refractivity contribution is 7.89. The van der Waals surface area contributed by atoms with Crippen LogP contribution in [-0.2, 0) is 16.6 Å². The number of nitrogens with one attached hydrogen (secondary N) is 1. The van der Waals surface area contributed by atoms with Gasteiger partial charge in [0, 0.05) is 23.8 Å². The van der Waals surface area contributed by atoms with Gasteiger partial charge in [0.2, 0.25) is 0 Å². The minimum atomic E-state index is -3.58. The van der Waals surface area contributed by atoms with Crippen LogP contribution in [0.2, 0.25) is 0 Å². The van der Waals surface area contributed by atoms with Crippen molar-refractivity contribution in [3.63, 3.8) is 0 Å². The van der Waals surface area contributed by atoms with Crippen LogP contribution in [0.4, 0.5) is 0 Å². The number of aromatic amines is 1. The summed E-state index contributed by atoms with van der Waals surface area (Å²) in [5, 5.41) is 15.6. The van der Waals surface area contributed by atoms with E-state index < -0.39 is 10.0 Å². The SMILES string of the molecule is Cc1[nH]nc(S(=O)(=O)N2CCCC2C)c1CO. The van der Waals surface area contributed by atoms with Gasteiger partial charge >= 0.3 is 0 Å². The number of nitrogens with zero attached hydrogens (tertiary/aromatic N) is 2. The second-order valence-electron chi connectivity index (χ2n) is 4.40. The molecule has 1 atom stereocenters. The van der Waals surface area contributed by atoms with E-state index in [0.29, 0.717) is 17.8 Å². The first kappa shape index (κ1) is 12.5. The number of hydrogen-bond donors (Lipinski definition) is 2. The zero-order chi connectivity index (χ0) is 12.6. The van der Waals surface area contributed by atoms with Gasteiger partial charge in [-0.25, -0.2) is 8.42 Å². The van der Waals surface area contributed by atoms with Crippen molar-refractivity contribution in [2.75, 3.05) is 6.54 Å². The molecule has 1 fully saturated rings. The minimum Gasteiger partial charge on any atom is -0.392 e. The van der Waals surface area contributed by atoms with Gasteiger partial charge in [-0.2, -0.15) is 9.40 Å². The highest BCUT2D eigenvalue weighted by Crippen LogP contribution is 2.27. The summed E-state index contributed by atoms with van der Waals surface area (Å²) < 4.78 is 26.2. The largest absolute Gasteiger partial charge is 0.392 e. The zero-order valence-corrected chi connectivity index (χ0v) is 10.8. The number of H-pyrrole nitrogens is 1. The maximum absolute atomic E-state index is 12.4. The maximum atomic E-state index is 12.4. The number of aliphatic hydroxyl groups excluding tert-OH is 1. The van der Waals surface area contributed by atoms with Crippen LogP contribution in [0.5, 0.6) is 0 Å². The van der Waals surface area contributed by atoms with Gasteiger partial charge in [-0.05, 0) is 26.7 Å². The van der Waals surface area contributed by atoms with Crippen LogP contribution in [0.25, 0.3) is 0 Å². The van der Waals surface area contributed by atoms with E-state index in [-0.39, 0.29) is 17.7 Å². The molecular formula is C10H17N3O3S. The van der Waals surface area contributed by atoms with Crippen molar-refractivity contribution in [3.8, 4) is 0 Å². The molecule has 2 rings (SSSR count). The van der Waals surface area contributed by atoms with Gasteiger partial charge < -0.3 is 5.11 Å². The normalized spacial score (nSPS) is 22.2. The standard InChI is InChI=1S/C10H17N3O3S/c1-7-4-3-5-13(7)17(15,16)10-9(6-14)8(2)11-12-10/h7,14H,3-6H2,1-2H3,(H,11,12). The molecule has 0 radical (unpaired) electrons. The average molecular weight is 259 g/mol. The van der Waals surface area contributed by atoms with E-state index >= 15 is 0 Å². The van der Waals surface area contributed by atoms with Crippen LogP contribution in [0.3, 0.4) is 0 Å². The number of aliphatic hydroxyl groups is 1. The van der Waals surface area contributed by atoms with Gasteiger partial charge in [0.05, 0.1) is 6.61 Å². The summed E-state index contributed by atoms with van der Waals surface area (Å²) in [7, 11) is -3.58. The van der Waals surface area contributed by atoms with Crippen LogP contribution in [-0.4, -0.2) is 40.6 Å². The van der Waals surface area contributed by atoms with Crippen molar-refractivity contribution in [2.45, 2.75) is 44.4 Å². The van der Waals surface area contributed by atoms with E-state index in [1.54, 1.807) is 6.92 Å². The predicted octanol–water partition coefficient (Wildman–Crippen LogP) is 0.383. The third kappa shape index (κ3) is 1.98. The Hall–Kier alpha value is -0.920. The molecule has 1 unspecified atom stereocenters. The lowest BCUT2D eigenvalue weighted by atomic mass is 10.3. The summed E-state index contributed by atoms with van der Waals surface area (Å²) in [5.74, 6) is 0. The summed E-state index contributed by atoms with van der Waals surface area (Å²) in [4.78, 5) is 0. The summed E-state index contributed by atoms with van der Waals surface area (Å²) in [6, 6.07) is 0.00329. The Bertz CT molecular complexity index is 509. The van der Waals surface area contributed by atoms with Crippen molar-refractivity contribution in [1.82, 2.24) is 14.5 Å². The van der Waals surface area contributed by atoms with Gasteiger partial charge in [-0.15, -0.1) is 0 Å². The molecule has 0 saturated carbocycles. The monoisotopic (exact) mass is 259 g/mol. The third-order valence-corrected chi connectivity index (χ3v) is 5.23. The minimum absolute atomic E-state index is 0.00329. The Kier molecular flexibility index (Phi) is 3.24. The Morgan fingerprint density at radius 1 is 1.59 bits per heavy atom. The smallest absolute Gasteiger partial charge is 0.262 e. The topological polar surface area (TPSA) is 86.3 Å². The molecule has 0 amide bonds. The van der Waals surface area contributed by atoms with Gasteiger partial charge in [0.1, 0.15) is 0 Å². The Balaban J connectivity index is 2.44. The van der Waals surface area contributed by atoms with Crippen molar-refractivity contribution < 1.29 is 13.5 Å². The molecule has 0 aromatic carbocycles. The van der Waals surface area contributed by atoms with Crippen molar-refractivity contribution >= 4 is 10.0 Å². The molecule has 0 aliphatic carbocycles. The van der Waals surface area contributed by atoms with E-state index in [2.05, 4.69) is 10.2 Å². The zero-order valence-electron chi connectivity index (χ0n) is 9.97. The van der Waals surface area contributed by atoms with Gasteiger partial charge in [0.25, 0.3) is 10.0 Å². The predicted molar refractivity (Wildman–Crippen MR) is 61.8 cm³/mol. The molecule has 1 aromatic rings. The number of aromatic nitrogens is 2. The summed E-state index contributed by atoms with van der Waals surface area (Å²) >= 11 is 0. The first-order valence-corrected chi connectivity index (χ1v) is 7.09. The number of rotatable bonds is 3. The number of aryl methyl sites for hydroxylation is 1. The van der Waals surface area contributed by atoms with Crippen LogP contribution in [0, 0.1) is 6.92 Å². The molecule has 0 bridgehead atoms. The molecule has 0 spiro atoms. The lowest BCUT2D eigenvalue weighted by molar-refractivity contribution is 0.277. The lowest BCUT2D eigenvalue weighted by Crippen LogP contribution is -2.34. The maximum Gasteiger partial charge on any atom is 0.262 e. The molecule has 7 heteroatoms. The molecule has 1 aromatic heterocycles. The lowest BCUT2D eigenvalue weighted by Gasteiger charge is -2.19. The molecule has 2 heterocycles. The molecule has 1 saturated heterocycles. The van der Waals surface area contributed by atoms with E-state index in [9.17, 15) is 13.5 Å². The van der Waals surface area contributed by atoms with Gasteiger partial charge in [-0.3, -0.25) is 5.10 Å². The third-order valence-electron chi connectivity index (χ3n) is 3.24. The van der Waals surface area contributed by atoms with Gasteiger partial charge in [-0.1, -0.05) is 0 Å². The Morgan fingerprint density at radius 3 is 2.82 bits per heavy atom. The van der Waals surface area contributed by atoms with Crippen LogP contribution >= 0.6 is 0 Å². The molecule has 2 N–H and O–H groups in total. The molecule has 1 aliphatic heterocycles. The number of sulfonamides is 1. The van der Waals surface area contributed by atoms with Crippen molar-refractivity contribution in [3.05, 3.63) is 11.3 Å². The molecule has 1 aliphatic rings. The summed E-state index contributed by atoms with van der Waals surface area (Å²) in [5.41, 5.74) is 0.960. The summed E-state index contributed by atoms with van der Waals surface area (Å²) in [6.07, 6.45) is 1.75. The molecular weight excluding hydrogens is 242 g/mol. The van der Waals surface area contributed by atoms with Crippen LogP contribution in [0.15, 0.2) is 5.03 Å². The fraction of sp³-hybridized carbons (Fsp3) is 0.700. The van der Waals surface area contributed by atoms with E-state index in [4.69, 9.17) is 0 Å².